The standard InChI is InChI=1S/C12H14F3N5/c1-2-5-16-7-10-3-4-11(19-18-10)20-8-9(6-17-20)12(13,14)15/h3-4,6,8,16H,2,5,7H2,1H3. The minimum absolute atomic E-state index is 0.250. The highest BCUT2D eigenvalue weighted by Crippen LogP contribution is 2.28. The number of rotatable bonds is 5. The van der Waals surface area contributed by atoms with Crippen molar-refractivity contribution in [1.29, 1.82) is 0 Å². The molecule has 0 aromatic carbocycles. The van der Waals surface area contributed by atoms with Crippen LogP contribution in [-0.4, -0.2) is 26.5 Å². The number of halogens is 3. The lowest BCUT2D eigenvalue weighted by atomic mass is 10.3. The van der Waals surface area contributed by atoms with Crippen molar-refractivity contribution in [2.24, 2.45) is 0 Å². The lowest BCUT2D eigenvalue weighted by Crippen LogP contribution is -2.15. The molecule has 0 amide bonds. The van der Waals surface area contributed by atoms with Crippen molar-refractivity contribution < 1.29 is 13.2 Å². The Kier molecular flexibility index (Phi) is 4.33. The Hall–Kier alpha value is -1.96. The van der Waals surface area contributed by atoms with Gasteiger partial charge >= 0.3 is 6.18 Å². The summed E-state index contributed by atoms with van der Waals surface area (Å²) in [4.78, 5) is 0. The molecular formula is C12H14F3N5. The molecule has 0 radical (unpaired) electrons. The van der Waals surface area contributed by atoms with Gasteiger partial charge in [-0.2, -0.15) is 23.4 Å². The van der Waals surface area contributed by atoms with Crippen molar-refractivity contribution in [3.05, 3.63) is 35.8 Å². The van der Waals surface area contributed by atoms with E-state index in [1.165, 1.54) is 0 Å². The maximum absolute atomic E-state index is 12.5. The summed E-state index contributed by atoms with van der Waals surface area (Å²) in [5.41, 5.74) is -0.0848. The lowest BCUT2D eigenvalue weighted by molar-refractivity contribution is -0.137. The minimum atomic E-state index is -4.41. The Morgan fingerprint density at radius 3 is 2.60 bits per heavy atom. The zero-order valence-electron chi connectivity index (χ0n) is 10.9. The van der Waals surface area contributed by atoms with Crippen LogP contribution in [-0.2, 0) is 12.7 Å². The maximum atomic E-state index is 12.5. The van der Waals surface area contributed by atoms with E-state index in [-0.39, 0.29) is 5.82 Å². The quantitative estimate of drug-likeness (QED) is 0.856. The summed E-state index contributed by atoms with van der Waals surface area (Å²) in [6, 6.07) is 3.29. The number of nitrogens with one attached hydrogen (secondary N) is 1. The van der Waals surface area contributed by atoms with Crippen LogP contribution in [0.15, 0.2) is 24.5 Å². The summed E-state index contributed by atoms with van der Waals surface area (Å²) in [6.45, 7) is 3.50. The third-order valence-electron chi connectivity index (χ3n) is 2.58. The van der Waals surface area contributed by atoms with E-state index in [0.717, 1.165) is 35.7 Å². The zero-order valence-corrected chi connectivity index (χ0v) is 10.9. The molecule has 2 heterocycles. The Labute approximate surface area is 113 Å². The average Bonchev–Trinajstić information content (AvgIpc) is 2.89. The van der Waals surface area contributed by atoms with Gasteiger partial charge in [0.1, 0.15) is 0 Å². The third-order valence-corrected chi connectivity index (χ3v) is 2.58. The van der Waals surface area contributed by atoms with Gasteiger partial charge in [0.05, 0.1) is 17.5 Å². The Bertz CT molecular complexity index is 547. The van der Waals surface area contributed by atoms with Crippen LogP contribution < -0.4 is 5.32 Å². The Morgan fingerprint density at radius 2 is 2.05 bits per heavy atom. The van der Waals surface area contributed by atoms with Crippen LogP contribution in [0.3, 0.4) is 0 Å². The first-order valence-electron chi connectivity index (χ1n) is 6.16. The normalized spacial score (nSPS) is 11.8. The van der Waals surface area contributed by atoms with Crippen LogP contribution in [0, 0.1) is 0 Å². The van der Waals surface area contributed by atoms with Gasteiger partial charge in [-0.1, -0.05) is 6.92 Å². The smallest absolute Gasteiger partial charge is 0.311 e. The van der Waals surface area contributed by atoms with E-state index in [1.807, 2.05) is 0 Å². The van der Waals surface area contributed by atoms with Gasteiger partial charge in [0.15, 0.2) is 5.82 Å². The molecule has 108 valence electrons. The van der Waals surface area contributed by atoms with Gasteiger partial charge in [-0.05, 0) is 25.1 Å². The van der Waals surface area contributed by atoms with Crippen LogP contribution in [0.4, 0.5) is 13.2 Å². The van der Waals surface area contributed by atoms with E-state index >= 15 is 0 Å². The molecule has 20 heavy (non-hydrogen) atoms. The highest BCUT2D eigenvalue weighted by Gasteiger charge is 2.32. The molecule has 0 aliphatic rings. The van der Waals surface area contributed by atoms with Crippen molar-refractivity contribution in [3.8, 4) is 5.82 Å². The average molecular weight is 285 g/mol. The lowest BCUT2D eigenvalue weighted by Gasteiger charge is -2.03. The second kappa shape index (κ2) is 6.00. The van der Waals surface area contributed by atoms with Crippen molar-refractivity contribution >= 4 is 0 Å². The fraction of sp³-hybridized carbons (Fsp3) is 0.417. The third kappa shape index (κ3) is 3.53. The molecule has 8 heteroatoms. The highest BCUT2D eigenvalue weighted by molar-refractivity contribution is 5.23. The Morgan fingerprint density at radius 1 is 1.25 bits per heavy atom. The van der Waals surface area contributed by atoms with Crippen LogP contribution in [0.25, 0.3) is 5.82 Å². The van der Waals surface area contributed by atoms with Gasteiger partial charge in [-0.25, -0.2) is 4.68 Å². The van der Waals surface area contributed by atoms with Crippen LogP contribution in [0.1, 0.15) is 24.6 Å². The predicted molar refractivity (Wildman–Crippen MR) is 66.2 cm³/mol. The summed E-state index contributed by atoms with van der Waals surface area (Å²) in [5.74, 6) is 0.250. The first-order chi connectivity index (χ1) is 9.50. The SMILES string of the molecule is CCCNCc1ccc(-n2cc(C(F)(F)F)cn2)nn1. The van der Waals surface area contributed by atoms with E-state index in [0.29, 0.717) is 6.54 Å². The number of alkyl halides is 3. The molecular weight excluding hydrogens is 271 g/mol. The summed E-state index contributed by atoms with van der Waals surface area (Å²) >= 11 is 0. The van der Waals surface area contributed by atoms with Crippen LogP contribution in [0.5, 0.6) is 0 Å². The summed E-state index contributed by atoms with van der Waals surface area (Å²) in [7, 11) is 0. The number of hydrogen-bond donors (Lipinski definition) is 1. The molecule has 0 aliphatic heterocycles. The van der Waals surface area contributed by atoms with Gasteiger partial charge in [-0.3, -0.25) is 0 Å². The molecule has 2 aromatic rings. The molecule has 2 rings (SSSR count). The van der Waals surface area contributed by atoms with Gasteiger partial charge < -0.3 is 5.32 Å². The topological polar surface area (TPSA) is 55.6 Å². The van der Waals surface area contributed by atoms with Gasteiger partial charge in [0.2, 0.25) is 0 Å². The Balaban J connectivity index is 2.08. The maximum Gasteiger partial charge on any atom is 0.419 e. The summed E-state index contributed by atoms with van der Waals surface area (Å²) < 4.78 is 38.4. The fourth-order valence-electron chi connectivity index (χ4n) is 1.56. The van der Waals surface area contributed by atoms with Crippen molar-refractivity contribution in [3.63, 3.8) is 0 Å². The molecule has 0 saturated carbocycles. The van der Waals surface area contributed by atoms with Crippen molar-refractivity contribution in [1.82, 2.24) is 25.3 Å². The molecule has 0 unspecified atom stereocenters. The van der Waals surface area contributed by atoms with Crippen molar-refractivity contribution in [2.75, 3.05) is 6.54 Å². The first-order valence-corrected chi connectivity index (χ1v) is 6.16. The van der Waals surface area contributed by atoms with Gasteiger partial charge in [0.25, 0.3) is 0 Å². The van der Waals surface area contributed by atoms with Gasteiger partial charge in [-0.15, -0.1) is 5.10 Å². The van der Waals surface area contributed by atoms with E-state index in [4.69, 9.17) is 0 Å². The van der Waals surface area contributed by atoms with E-state index in [2.05, 4.69) is 27.5 Å². The van der Waals surface area contributed by atoms with E-state index in [1.54, 1.807) is 12.1 Å². The monoisotopic (exact) mass is 285 g/mol. The zero-order chi connectivity index (χ0) is 14.6. The number of nitrogens with zero attached hydrogens (tertiary/aromatic N) is 4. The number of aromatic nitrogens is 4. The second-order valence-electron chi connectivity index (χ2n) is 4.23. The molecule has 0 saturated heterocycles. The molecule has 0 spiro atoms. The first kappa shape index (κ1) is 14.4. The summed E-state index contributed by atoms with van der Waals surface area (Å²) in [5, 5.41) is 14.6. The van der Waals surface area contributed by atoms with Crippen LogP contribution >= 0.6 is 0 Å². The molecule has 0 atom stereocenters. The molecule has 5 nitrogen and oxygen atoms in total. The number of hydrogen-bond acceptors (Lipinski definition) is 4. The molecule has 0 fully saturated rings. The molecule has 0 bridgehead atoms. The van der Waals surface area contributed by atoms with E-state index in [9.17, 15) is 13.2 Å². The summed E-state index contributed by atoms with van der Waals surface area (Å²) in [6.07, 6.45) is -1.74. The van der Waals surface area contributed by atoms with Crippen molar-refractivity contribution in [2.45, 2.75) is 26.1 Å². The molecule has 2 aromatic heterocycles. The fourth-order valence-corrected chi connectivity index (χ4v) is 1.56. The largest absolute Gasteiger partial charge is 0.419 e. The molecule has 1 N–H and O–H groups in total. The minimum Gasteiger partial charge on any atom is -0.311 e. The van der Waals surface area contributed by atoms with E-state index < -0.39 is 11.7 Å². The van der Waals surface area contributed by atoms with Gasteiger partial charge in [0, 0.05) is 12.7 Å². The highest BCUT2D eigenvalue weighted by atomic mass is 19.4. The van der Waals surface area contributed by atoms with Crippen LogP contribution in [0.2, 0.25) is 0 Å². The molecule has 0 aliphatic carbocycles. The second-order valence-corrected chi connectivity index (χ2v) is 4.23. The predicted octanol–water partition coefficient (Wildman–Crippen LogP) is 2.18.